The molecule has 19 heteroatoms. The number of hydrazine groups is 1. The predicted octanol–water partition coefficient (Wildman–Crippen LogP) is 1.96. The van der Waals surface area contributed by atoms with Gasteiger partial charge in [-0.2, -0.15) is 8.62 Å². The molecular weight excluding hydrogens is 481 g/mol. The Morgan fingerprint density at radius 2 is 1.55 bits per heavy atom. The molecule has 15 nitrogen and oxygen atoms in total. The van der Waals surface area contributed by atoms with Gasteiger partial charge in [-0.1, -0.05) is 0 Å². The van der Waals surface area contributed by atoms with Gasteiger partial charge >= 0.3 is 29.6 Å². The highest BCUT2D eigenvalue weighted by molar-refractivity contribution is 7.80. The second kappa shape index (κ2) is 11.5. The first kappa shape index (κ1) is 27.0. The lowest BCUT2D eigenvalue weighted by molar-refractivity contribution is -0.0110. The van der Waals surface area contributed by atoms with Crippen LogP contribution in [-0.2, 0) is 54.4 Å². The van der Waals surface area contributed by atoms with Gasteiger partial charge in [-0.05, 0) is 0 Å². The van der Waals surface area contributed by atoms with E-state index in [9.17, 15) is 18.5 Å². The third-order valence-corrected chi connectivity index (χ3v) is 9.03. The summed E-state index contributed by atoms with van der Waals surface area (Å²) in [4.78, 5) is 11.3. The fourth-order valence-electron chi connectivity index (χ4n) is 1.88. The van der Waals surface area contributed by atoms with E-state index < -0.39 is 53.8 Å². The summed E-state index contributed by atoms with van der Waals surface area (Å²) in [5.41, 5.74) is 1.15. The summed E-state index contributed by atoms with van der Waals surface area (Å²) >= 11 is 4.11. The maximum Gasteiger partial charge on any atom is 0.492 e. The van der Waals surface area contributed by atoms with Crippen LogP contribution in [0.5, 0.6) is 0 Å². The minimum absolute atomic E-state index is 0.174. The summed E-state index contributed by atoms with van der Waals surface area (Å²) in [6.45, 7) is -0.513. The third-order valence-electron chi connectivity index (χ3n) is 3.25. The van der Waals surface area contributed by atoms with E-state index in [2.05, 4.69) is 35.0 Å². The number of nitrogens with two attached hydrogens (primary N) is 1. The number of phosphoric ester groups is 2. The molecule has 0 aromatic rings. The van der Waals surface area contributed by atoms with E-state index in [0.29, 0.717) is 0 Å². The molecule has 0 aromatic heterocycles. The molecule has 0 saturated carbocycles. The topological polar surface area (TPSA) is 189 Å². The van der Waals surface area contributed by atoms with Crippen molar-refractivity contribution in [3.05, 3.63) is 0 Å². The van der Waals surface area contributed by atoms with Gasteiger partial charge in [0.25, 0.3) is 0 Å². The standard InChI is InChI=1S/C10H23N2O13P3S/c1-17-26(14,18-2)24-28(16,20-4)25-27(15,19-3)21-6-8-7(5-9(29)22-8)23-10(13)12-11/h7-9,29H,5-6,11H2,1-4H3,(H,12,13)/t7?,8-,9+,27?,28?/m1/s1. The average Bonchev–Trinajstić information content (AvgIpc) is 3.05. The Bertz CT molecular complexity index is 688. The summed E-state index contributed by atoms with van der Waals surface area (Å²) in [7, 11) is -10.1. The van der Waals surface area contributed by atoms with Gasteiger partial charge in [0.2, 0.25) is 0 Å². The summed E-state index contributed by atoms with van der Waals surface area (Å²) in [5, 5.41) is 0. The van der Waals surface area contributed by atoms with E-state index in [0.717, 1.165) is 28.4 Å². The van der Waals surface area contributed by atoms with E-state index in [4.69, 9.17) is 24.2 Å². The van der Waals surface area contributed by atoms with Crippen LogP contribution in [0.3, 0.4) is 0 Å². The second-order valence-corrected chi connectivity index (χ2v) is 11.3. The molecule has 3 unspecified atom stereocenters. The summed E-state index contributed by atoms with van der Waals surface area (Å²) < 4.78 is 80.0. The molecule has 3 N–H and O–H groups in total. The Morgan fingerprint density at radius 3 is 2.03 bits per heavy atom. The van der Waals surface area contributed by atoms with Crippen molar-refractivity contribution in [3.63, 3.8) is 0 Å². The van der Waals surface area contributed by atoms with Gasteiger partial charge < -0.3 is 9.47 Å². The van der Waals surface area contributed by atoms with Crippen molar-refractivity contribution < 1.29 is 59.2 Å². The fourth-order valence-corrected chi connectivity index (χ4v) is 6.70. The maximum absolute atomic E-state index is 12.7. The largest absolute Gasteiger partial charge is 0.492 e. The number of ether oxygens (including phenoxy) is 2. The van der Waals surface area contributed by atoms with Crippen LogP contribution in [0, 0.1) is 0 Å². The van der Waals surface area contributed by atoms with Crippen LogP contribution in [-0.4, -0.2) is 58.8 Å². The van der Waals surface area contributed by atoms with Crippen LogP contribution in [0.25, 0.3) is 0 Å². The van der Waals surface area contributed by atoms with Gasteiger partial charge in [-0.25, -0.2) is 24.3 Å². The van der Waals surface area contributed by atoms with Crippen molar-refractivity contribution >= 4 is 42.2 Å². The Labute approximate surface area is 172 Å². The van der Waals surface area contributed by atoms with Crippen molar-refractivity contribution in [2.24, 2.45) is 5.84 Å². The number of thiol groups is 1. The maximum atomic E-state index is 12.7. The van der Waals surface area contributed by atoms with Crippen molar-refractivity contribution in [2.75, 3.05) is 35.0 Å². The zero-order valence-corrected chi connectivity index (χ0v) is 19.4. The van der Waals surface area contributed by atoms with Crippen molar-refractivity contribution in [1.29, 1.82) is 0 Å². The molecular formula is C10H23N2O13P3S. The van der Waals surface area contributed by atoms with E-state index in [-0.39, 0.29) is 6.42 Å². The van der Waals surface area contributed by atoms with Crippen LogP contribution < -0.4 is 11.3 Å². The molecule has 29 heavy (non-hydrogen) atoms. The smallest absolute Gasteiger partial charge is 0.442 e. The van der Waals surface area contributed by atoms with E-state index >= 15 is 0 Å². The molecule has 172 valence electrons. The van der Waals surface area contributed by atoms with Crippen LogP contribution in [0.1, 0.15) is 6.42 Å². The first-order chi connectivity index (χ1) is 13.5. The Balaban J connectivity index is 2.85. The van der Waals surface area contributed by atoms with Gasteiger partial charge in [0.15, 0.2) is 0 Å². The number of hydrogen-bond donors (Lipinski definition) is 3. The Kier molecular flexibility index (Phi) is 10.7. The molecule has 1 rings (SSSR count). The predicted molar refractivity (Wildman–Crippen MR) is 98.8 cm³/mol. The van der Waals surface area contributed by atoms with Gasteiger partial charge in [-0.3, -0.25) is 28.0 Å². The van der Waals surface area contributed by atoms with Crippen molar-refractivity contribution in [1.82, 2.24) is 5.43 Å². The van der Waals surface area contributed by atoms with E-state index in [1.807, 2.05) is 0 Å². The number of hydrogen-bond acceptors (Lipinski definition) is 15. The number of phosphoric acid groups is 3. The monoisotopic (exact) mass is 504 g/mol. The minimum Gasteiger partial charge on any atom is -0.442 e. The molecule has 1 amide bonds. The van der Waals surface area contributed by atoms with E-state index in [1.165, 1.54) is 0 Å². The number of nitrogens with one attached hydrogen (secondary N) is 1. The second-order valence-electron chi connectivity index (χ2n) is 4.98. The molecule has 1 heterocycles. The molecule has 5 atom stereocenters. The zero-order chi connectivity index (χ0) is 22.3. The average molecular weight is 504 g/mol. The Morgan fingerprint density at radius 1 is 1.03 bits per heavy atom. The SMILES string of the molecule is COP(=O)(OC)OP(=O)(OC)OP(=O)(OC)OC[C@H]1O[C@@H](S)CC1OC(=O)NN. The first-order valence-electron chi connectivity index (χ1n) is 7.58. The van der Waals surface area contributed by atoms with Crippen LogP contribution >= 0.6 is 36.1 Å². The van der Waals surface area contributed by atoms with Gasteiger partial charge in [0.05, 0.1) is 6.61 Å². The molecule has 1 aliphatic heterocycles. The normalized spacial score (nSPS) is 26.5. The highest BCUT2D eigenvalue weighted by Gasteiger charge is 2.47. The summed E-state index contributed by atoms with van der Waals surface area (Å²) in [5.74, 6) is 4.95. The summed E-state index contributed by atoms with van der Waals surface area (Å²) in [6, 6.07) is 0. The highest BCUT2D eigenvalue weighted by Crippen LogP contribution is 2.72. The van der Waals surface area contributed by atoms with Gasteiger partial charge in [0, 0.05) is 34.9 Å². The molecule has 0 bridgehead atoms. The number of carbonyl (C=O) groups is 1. The first-order valence-corrected chi connectivity index (χ1v) is 12.5. The Hall–Kier alpha value is -0.0500. The summed E-state index contributed by atoms with van der Waals surface area (Å²) in [6.07, 6.45) is -2.58. The molecule has 1 fully saturated rings. The molecule has 0 radical (unpaired) electrons. The molecule has 0 aromatic carbocycles. The minimum atomic E-state index is -4.80. The molecule has 1 aliphatic rings. The number of carbonyl (C=O) groups excluding carboxylic acids is 1. The molecule has 1 saturated heterocycles. The molecule has 0 spiro atoms. The highest BCUT2D eigenvalue weighted by atomic mass is 32.1. The quantitative estimate of drug-likeness (QED) is 0.115. The fraction of sp³-hybridized carbons (Fsp3) is 0.900. The van der Waals surface area contributed by atoms with Crippen LogP contribution in [0.2, 0.25) is 0 Å². The van der Waals surface area contributed by atoms with Gasteiger partial charge in [0.1, 0.15) is 17.6 Å². The lowest BCUT2D eigenvalue weighted by Crippen LogP contribution is -2.38. The van der Waals surface area contributed by atoms with E-state index in [1.54, 1.807) is 5.43 Å². The van der Waals surface area contributed by atoms with Gasteiger partial charge in [-0.15, -0.1) is 12.6 Å². The number of amides is 1. The van der Waals surface area contributed by atoms with Crippen LogP contribution in [0.4, 0.5) is 4.79 Å². The lowest BCUT2D eigenvalue weighted by Gasteiger charge is -2.24. The van der Waals surface area contributed by atoms with Crippen molar-refractivity contribution in [3.8, 4) is 0 Å². The molecule has 0 aliphatic carbocycles. The third kappa shape index (κ3) is 8.19. The lowest BCUT2D eigenvalue weighted by atomic mass is 10.2. The van der Waals surface area contributed by atoms with Crippen LogP contribution in [0.15, 0.2) is 0 Å². The van der Waals surface area contributed by atoms with Crippen molar-refractivity contribution in [2.45, 2.75) is 24.1 Å². The zero-order valence-electron chi connectivity index (χ0n) is 15.8. The number of rotatable bonds is 12.